The summed E-state index contributed by atoms with van der Waals surface area (Å²) in [6.07, 6.45) is 7.08. The molecule has 0 amide bonds. The van der Waals surface area contributed by atoms with Gasteiger partial charge in [0.15, 0.2) is 0 Å². The maximum absolute atomic E-state index is 5.85. The Balaban J connectivity index is -0.0000000298. The van der Waals surface area contributed by atoms with Crippen molar-refractivity contribution < 1.29 is 199 Å². The number of hydrogen-bond acceptors (Lipinski definition) is 0. The van der Waals surface area contributed by atoms with Crippen molar-refractivity contribution in [1.29, 1.82) is 0 Å². The average Bonchev–Trinajstić information content (AvgIpc) is 2.25. The van der Waals surface area contributed by atoms with E-state index in [1.54, 1.807) is 32.4 Å². The fraction of sp³-hybridized carbons (Fsp3) is 0.462. The molecule has 0 saturated heterocycles. The van der Waals surface area contributed by atoms with Gasteiger partial charge in [0, 0.05) is 147 Å². The van der Waals surface area contributed by atoms with E-state index < -0.39 is 0 Å². The van der Waals surface area contributed by atoms with Gasteiger partial charge in [0.25, 0.3) is 0 Å². The molecule has 0 aromatic heterocycles. The standard InChI is InChI=1S/C13H18.10W/c1-10(2)7-8-12(5)9-13(6)11(3)4;;;;;;;;;;/h5-6,8-11H,1-4H3;;;;;;;;;;/q-2;;;;;;;;;;/b13-9+;;;;;;;;;;. The minimum atomic E-state index is 0. The van der Waals surface area contributed by atoms with Crippen molar-refractivity contribution in [3.63, 3.8) is 0 Å². The normalized spacial score (nSPS) is 8.00. The summed E-state index contributed by atoms with van der Waals surface area (Å²) < 4.78 is 2.18. The summed E-state index contributed by atoms with van der Waals surface area (Å²) >= 11 is 4.80. The molecule has 10 heteroatoms. The second-order valence-corrected chi connectivity index (χ2v) is 4.73. The van der Waals surface area contributed by atoms with Gasteiger partial charge in [-0.05, 0) is 0 Å². The van der Waals surface area contributed by atoms with Gasteiger partial charge in [-0.2, -0.15) is 0 Å². The second-order valence-electron chi connectivity index (χ2n) is 3.88. The third-order valence-electron chi connectivity index (χ3n) is 1.72. The van der Waals surface area contributed by atoms with E-state index in [0.717, 1.165) is 5.57 Å². The van der Waals surface area contributed by atoms with Crippen LogP contribution >= 0.6 is 0 Å². The van der Waals surface area contributed by atoms with Crippen LogP contribution in [-0.2, 0) is 199 Å². The predicted octanol–water partition coefficient (Wildman–Crippen LogP) is 3.27. The van der Waals surface area contributed by atoms with Gasteiger partial charge in [0.2, 0.25) is 0 Å². The Labute approximate surface area is 273 Å². The summed E-state index contributed by atoms with van der Waals surface area (Å²) in [6.45, 7) is 14.4. The van der Waals surface area contributed by atoms with E-state index >= 15 is 0 Å². The molecule has 0 rings (SSSR count). The quantitative estimate of drug-likeness (QED) is 0.294. The molecule has 0 unspecified atom stereocenters. The van der Waals surface area contributed by atoms with Gasteiger partial charge >= 0.3 is 132 Å². The molecule has 0 saturated carbocycles. The molecule has 0 bridgehead atoms. The fourth-order valence-corrected chi connectivity index (χ4v) is 2.06. The Morgan fingerprint density at radius 2 is 1.22 bits per heavy atom. The second kappa shape index (κ2) is 42.2. The molecule has 0 spiro atoms. The molecule has 0 aromatic rings. The molecule has 0 aliphatic heterocycles. The first kappa shape index (κ1) is 56.8. The third-order valence-corrected chi connectivity index (χ3v) is 2.70. The van der Waals surface area contributed by atoms with E-state index in [1.807, 2.05) is 12.2 Å². The van der Waals surface area contributed by atoms with Crippen LogP contribution in [0.1, 0.15) is 27.7 Å². The van der Waals surface area contributed by atoms with E-state index in [2.05, 4.69) is 38.2 Å². The van der Waals surface area contributed by atoms with Crippen molar-refractivity contribution in [3.05, 3.63) is 36.0 Å². The summed E-state index contributed by atoms with van der Waals surface area (Å²) in [5.74, 6) is 0.971. The molecule has 0 heterocycles. The third kappa shape index (κ3) is 42.9. The van der Waals surface area contributed by atoms with Crippen LogP contribution in [0.3, 0.4) is 0 Å². The van der Waals surface area contributed by atoms with Crippen LogP contribution in [0.4, 0.5) is 0 Å². The van der Waals surface area contributed by atoms with E-state index in [4.69, 9.17) is 6.58 Å². The molecular formula is C13H18W10-2. The Kier molecular flexibility index (Phi) is 104. The zero-order valence-corrected chi connectivity index (χ0v) is 42.4. The van der Waals surface area contributed by atoms with Crippen molar-refractivity contribution in [2.45, 2.75) is 27.7 Å². The van der Waals surface area contributed by atoms with Crippen LogP contribution in [0, 0.1) is 24.5 Å². The molecule has 0 radical (unpaired) electrons. The monoisotopic (exact) mass is 2010 g/mol. The summed E-state index contributed by atoms with van der Waals surface area (Å²) in [6, 6.07) is 0. The van der Waals surface area contributed by atoms with E-state index in [9.17, 15) is 0 Å². The molecule has 132 valence electrons. The van der Waals surface area contributed by atoms with Gasteiger partial charge in [0.05, 0.1) is 0 Å². The van der Waals surface area contributed by atoms with Crippen molar-refractivity contribution in [1.82, 2.24) is 0 Å². The van der Waals surface area contributed by atoms with Crippen LogP contribution in [0.25, 0.3) is 0 Å². The summed E-state index contributed by atoms with van der Waals surface area (Å²) in [7, 11) is 0. The summed E-state index contributed by atoms with van der Waals surface area (Å²) in [5, 5.41) is 0. The van der Waals surface area contributed by atoms with Crippen LogP contribution in [-0.4, -0.2) is 4.40 Å². The molecular weight excluding hydrogens is 1990 g/mol. The summed E-state index contributed by atoms with van der Waals surface area (Å²) in [4.78, 5) is 0. The molecule has 0 aliphatic rings. The van der Waals surface area contributed by atoms with Gasteiger partial charge in [-0.15, -0.1) is 0 Å². The SMILES string of the molecule is [CH-]=C(C=[C-]C(C)C)/C=C(\[CH]=[W])C(C)C.[W].[W].[W].[W].[W].[W].[W].[W]=[W]. The first-order chi connectivity index (χ1) is 7.47. The Morgan fingerprint density at radius 1 is 0.870 bits per heavy atom. The van der Waals surface area contributed by atoms with Gasteiger partial charge in [-0.25, -0.2) is 0 Å². The van der Waals surface area contributed by atoms with Crippen molar-refractivity contribution in [3.8, 4) is 0 Å². The van der Waals surface area contributed by atoms with Crippen molar-refractivity contribution in [2.24, 2.45) is 11.8 Å². The molecule has 0 atom stereocenters. The zero-order chi connectivity index (χ0) is 13.1. The van der Waals surface area contributed by atoms with Crippen molar-refractivity contribution >= 4 is 4.40 Å². The number of rotatable bonds is 5. The summed E-state index contributed by atoms with van der Waals surface area (Å²) in [5.41, 5.74) is 2.10. The Morgan fingerprint density at radius 3 is 1.43 bits per heavy atom. The first-order valence-corrected chi connectivity index (χ1v) is 17.7. The molecule has 0 aliphatic carbocycles. The van der Waals surface area contributed by atoms with Gasteiger partial charge in [-0.1, -0.05) is 0 Å². The topological polar surface area (TPSA) is 0 Å². The van der Waals surface area contributed by atoms with Gasteiger partial charge in [0.1, 0.15) is 0 Å². The molecule has 0 fully saturated rings. The minimum absolute atomic E-state index is 0. The van der Waals surface area contributed by atoms with Crippen LogP contribution in [0.15, 0.2) is 23.3 Å². The van der Waals surface area contributed by atoms with Gasteiger partial charge in [-0.3, -0.25) is 0 Å². The van der Waals surface area contributed by atoms with Crippen LogP contribution in [0.2, 0.25) is 0 Å². The van der Waals surface area contributed by atoms with E-state index in [-0.39, 0.29) is 147 Å². The Hall–Kier alpha value is 5.97. The molecule has 0 aromatic carbocycles. The average molecular weight is 2010 g/mol. The number of allylic oxidation sites excluding steroid dienone is 5. The van der Waals surface area contributed by atoms with E-state index in [1.165, 1.54) is 24.9 Å². The maximum atomic E-state index is 5.85. The first-order valence-electron chi connectivity index (χ1n) is 5.02. The molecule has 0 N–H and O–H groups in total. The number of hydrogen-bond donors (Lipinski definition) is 0. The zero-order valence-electron chi connectivity index (χ0n) is 13.0. The van der Waals surface area contributed by atoms with Crippen LogP contribution in [0.5, 0.6) is 0 Å². The van der Waals surface area contributed by atoms with Crippen LogP contribution < -0.4 is 0 Å². The van der Waals surface area contributed by atoms with E-state index in [0.29, 0.717) is 11.8 Å². The Bertz CT molecular complexity index is 284. The molecule has 23 heavy (non-hydrogen) atoms. The van der Waals surface area contributed by atoms with Gasteiger partial charge < -0.3 is 0 Å². The fourth-order valence-electron chi connectivity index (χ4n) is 0.834. The predicted molar refractivity (Wildman–Crippen MR) is 59.4 cm³/mol. The van der Waals surface area contributed by atoms with Crippen molar-refractivity contribution in [2.75, 3.05) is 0 Å². The molecule has 0 nitrogen and oxygen atoms in total.